The maximum Gasteiger partial charge on any atom is 0.164 e. The first-order valence-corrected chi connectivity index (χ1v) is 25.8. The van der Waals surface area contributed by atoms with Gasteiger partial charge in [-0.3, -0.25) is 0 Å². The number of fused-ring (bicyclic) bond motifs is 4. The van der Waals surface area contributed by atoms with Gasteiger partial charge in [-0.2, -0.15) is 0 Å². The summed E-state index contributed by atoms with van der Waals surface area (Å²) in [5.74, 6) is 4.90. The molecule has 358 valence electrons. The molecular weight excluding hydrogens is 953 g/mol. The molecule has 14 rings (SSSR count). The number of para-hydroxylation sites is 6. The molecule has 0 bridgehead atoms. The fourth-order valence-electron chi connectivity index (χ4n) is 9.95. The number of hydrogen-bond donors (Lipinski definition) is 0. The Hall–Kier alpha value is -10.0. The second kappa shape index (κ2) is 19.1. The zero-order valence-corrected chi connectivity index (χ0v) is 41.5. The second-order valence-corrected chi connectivity index (χ2v) is 19.4. The normalized spacial score (nSPS) is 12.2. The quantitative estimate of drug-likeness (QED) is 0.139. The molecule has 10 aromatic carbocycles. The summed E-state index contributed by atoms with van der Waals surface area (Å²) in [6, 6.07) is 87.1. The fraction of sp³-hybridized carbons (Fsp3) is 0. The molecule has 2 aliphatic rings. The average molecular weight is 995 g/mol. The topological polar surface area (TPSA) is 93.0 Å². The Balaban J connectivity index is 1.05. The van der Waals surface area contributed by atoms with Crippen LogP contribution >= 0.6 is 11.8 Å². The molecule has 0 aliphatic carbocycles. The van der Waals surface area contributed by atoms with Gasteiger partial charge in [0.2, 0.25) is 0 Å². The minimum atomic E-state index is 0.529. The molecule has 0 spiro atoms. The summed E-state index contributed by atoms with van der Waals surface area (Å²) in [6.07, 6.45) is 0. The summed E-state index contributed by atoms with van der Waals surface area (Å²) >= 11 is 1.77. The highest BCUT2D eigenvalue weighted by Crippen LogP contribution is 2.55. The summed E-state index contributed by atoms with van der Waals surface area (Å²) < 4.78 is 6.58. The number of hydrogen-bond acceptors (Lipinski definition) is 10. The van der Waals surface area contributed by atoms with E-state index in [1.54, 1.807) is 11.8 Å². The van der Waals surface area contributed by atoms with Crippen molar-refractivity contribution in [1.82, 2.24) is 29.9 Å². The molecule has 76 heavy (non-hydrogen) atoms. The van der Waals surface area contributed by atoms with Gasteiger partial charge in [-0.1, -0.05) is 194 Å². The lowest BCUT2D eigenvalue weighted by molar-refractivity contribution is 0.477. The highest BCUT2D eigenvalue weighted by molar-refractivity contribution is 7.99. The third-order valence-corrected chi connectivity index (χ3v) is 14.6. The summed E-state index contributed by atoms with van der Waals surface area (Å²) in [5.41, 5.74) is 12.8. The first-order valence-electron chi connectivity index (χ1n) is 25.0. The lowest BCUT2D eigenvalue weighted by Gasteiger charge is -2.35. The number of benzene rings is 10. The summed E-state index contributed by atoms with van der Waals surface area (Å²) in [7, 11) is 0. The summed E-state index contributed by atoms with van der Waals surface area (Å²) in [6.45, 7) is 0. The minimum absolute atomic E-state index is 0.529. The Bertz CT molecular complexity index is 3940. The van der Waals surface area contributed by atoms with E-state index in [9.17, 15) is 0 Å². The second-order valence-electron chi connectivity index (χ2n) is 18.3. The predicted octanol–water partition coefficient (Wildman–Crippen LogP) is 17.2. The van der Waals surface area contributed by atoms with Gasteiger partial charge in [-0.25, -0.2) is 29.9 Å². The third kappa shape index (κ3) is 8.29. The highest BCUT2D eigenvalue weighted by atomic mass is 32.2. The molecule has 0 unspecified atom stereocenters. The Morgan fingerprint density at radius 3 is 1.09 bits per heavy atom. The lowest BCUT2D eigenvalue weighted by Crippen LogP contribution is -2.17. The molecule has 10 heteroatoms. The molecule has 9 nitrogen and oxygen atoms in total. The van der Waals surface area contributed by atoms with Crippen molar-refractivity contribution in [2.24, 2.45) is 0 Å². The zero-order chi connectivity index (χ0) is 50.4. The van der Waals surface area contributed by atoms with Crippen LogP contribution in [0, 0.1) is 0 Å². The number of anilines is 6. The van der Waals surface area contributed by atoms with Crippen LogP contribution in [-0.2, 0) is 0 Å². The largest absolute Gasteiger partial charge is 0.453 e. The first kappa shape index (κ1) is 44.7. The van der Waals surface area contributed by atoms with Crippen molar-refractivity contribution in [2.45, 2.75) is 9.79 Å². The maximum absolute atomic E-state index is 6.58. The van der Waals surface area contributed by atoms with Gasteiger partial charge < -0.3 is 14.5 Å². The number of aromatic nitrogens is 6. The van der Waals surface area contributed by atoms with Crippen molar-refractivity contribution in [3.8, 4) is 91.0 Å². The van der Waals surface area contributed by atoms with Gasteiger partial charge in [0.05, 0.1) is 28.4 Å². The van der Waals surface area contributed by atoms with E-state index in [2.05, 4.69) is 107 Å². The van der Waals surface area contributed by atoms with E-state index in [4.69, 9.17) is 34.6 Å². The van der Waals surface area contributed by atoms with Crippen LogP contribution in [0.4, 0.5) is 34.1 Å². The van der Waals surface area contributed by atoms with Crippen LogP contribution < -0.4 is 14.5 Å². The third-order valence-electron chi connectivity index (χ3n) is 13.5. The van der Waals surface area contributed by atoms with Crippen molar-refractivity contribution < 1.29 is 4.74 Å². The van der Waals surface area contributed by atoms with Crippen molar-refractivity contribution in [2.75, 3.05) is 9.80 Å². The Kier molecular flexibility index (Phi) is 11.2. The van der Waals surface area contributed by atoms with Crippen LogP contribution in [0.3, 0.4) is 0 Å². The molecule has 0 radical (unpaired) electrons. The van der Waals surface area contributed by atoms with E-state index in [0.717, 1.165) is 99.9 Å². The molecular formula is C66H42N8OS. The summed E-state index contributed by atoms with van der Waals surface area (Å²) in [5, 5.41) is 0. The van der Waals surface area contributed by atoms with E-state index >= 15 is 0 Å². The van der Waals surface area contributed by atoms with Crippen molar-refractivity contribution in [3.05, 3.63) is 255 Å². The van der Waals surface area contributed by atoms with Crippen molar-refractivity contribution in [1.29, 1.82) is 0 Å². The van der Waals surface area contributed by atoms with Crippen molar-refractivity contribution >= 4 is 45.9 Å². The molecule has 2 aromatic heterocycles. The predicted molar refractivity (Wildman–Crippen MR) is 305 cm³/mol. The van der Waals surface area contributed by atoms with Crippen LogP contribution in [0.25, 0.3) is 79.5 Å². The van der Waals surface area contributed by atoms with Gasteiger partial charge in [0, 0.05) is 54.4 Å². The molecule has 0 atom stereocenters. The van der Waals surface area contributed by atoms with Crippen LogP contribution in [0.5, 0.6) is 11.5 Å². The lowest BCUT2D eigenvalue weighted by atomic mass is 9.96. The fourth-order valence-corrected chi connectivity index (χ4v) is 11.0. The van der Waals surface area contributed by atoms with Gasteiger partial charge in [0.15, 0.2) is 46.4 Å². The van der Waals surface area contributed by atoms with Gasteiger partial charge >= 0.3 is 0 Å². The smallest absolute Gasteiger partial charge is 0.164 e. The standard InChI is InChI=1S/C66H42N8OS/c1-5-21-43(22-6-1)61-67-62(44-23-7-2-8-24-44)70-65(69-61)47-37-38-51(56(42-47)74-54-31-15-19-35-59(54)76-60-36-20-16-32-55(60)74)48-39-49(41-50(40-48)73-52-29-13-17-33-57(52)75-58-34-18-14-30-53(58)73)66-71-63(45-25-9-3-10-26-45)68-64(72-66)46-27-11-4-12-28-46/h1-42H. The average Bonchev–Trinajstić information content (AvgIpc) is 3.52. The molecule has 0 amide bonds. The molecule has 0 N–H and O–H groups in total. The van der Waals surface area contributed by atoms with Crippen LogP contribution in [0.15, 0.2) is 265 Å². The van der Waals surface area contributed by atoms with Gasteiger partial charge in [-0.15, -0.1) is 0 Å². The maximum atomic E-state index is 6.58. The van der Waals surface area contributed by atoms with Gasteiger partial charge in [0.25, 0.3) is 0 Å². The van der Waals surface area contributed by atoms with Crippen LogP contribution in [0.2, 0.25) is 0 Å². The highest BCUT2D eigenvalue weighted by Gasteiger charge is 2.30. The molecule has 0 saturated heterocycles. The van der Waals surface area contributed by atoms with E-state index in [1.807, 2.05) is 158 Å². The van der Waals surface area contributed by atoms with Crippen molar-refractivity contribution in [3.63, 3.8) is 0 Å². The number of nitrogens with zero attached hydrogens (tertiary/aromatic N) is 8. The molecule has 0 saturated carbocycles. The zero-order valence-electron chi connectivity index (χ0n) is 40.6. The van der Waals surface area contributed by atoms with Gasteiger partial charge in [0.1, 0.15) is 0 Å². The minimum Gasteiger partial charge on any atom is -0.453 e. The van der Waals surface area contributed by atoms with Crippen LogP contribution in [0.1, 0.15) is 0 Å². The van der Waals surface area contributed by atoms with E-state index in [0.29, 0.717) is 34.9 Å². The number of ether oxygens (including phenoxy) is 1. The Morgan fingerprint density at radius 1 is 0.263 bits per heavy atom. The Morgan fingerprint density at radius 2 is 0.632 bits per heavy atom. The first-order chi connectivity index (χ1) is 37.6. The SMILES string of the molecule is c1ccc(-c2nc(-c3ccccc3)nc(-c3cc(-c4ccc(-c5nc(-c6ccccc6)nc(-c6ccccc6)n5)cc4N4c5ccccc5Sc5ccccc54)cc(N4c5ccccc5Oc5ccccc54)c3)n2)cc1. The molecule has 2 aliphatic heterocycles. The molecule has 0 fully saturated rings. The van der Waals surface area contributed by atoms with Gasteiger partial charge in [-0.05, 0) is 78.4 Å². The monoisotopic (exact) mass is 994 g/mol. The Labute approximate surface area is 443 Å². The molecule has 4 heterocycles. The summed E-state index contributed by atoms with van der Waals surface area (Å²) in [4.78, 5) is 38.1. The molecule has 12 aromatic rings. The number of rotatable bonds is 9. The van der Waals surface area contributed by atoms with E-state index in [1.165, 1.54) is 0 Å². The van der Waals surface area contributed by atoms with E-state index in [-0.39, 0.29) is 0 Å². The van der Waals surface area contributed by atoms with Crippen LogP contribution in [-0.4, -0.2) is 29.9 Å². The van der Waals surface area contributed by atoms with E-state index < -0.39 is 0 Å².